The van der Waals surface area contributed by atoms with Gasteiger partial charge in [-0.05, 0) is 86.1 Å². The molecule has 0 amide bonds. The predicted molar refractivity (Wildman–Crippen MR) is 155 cm³/mol. The Hall–Kier alpha value is -4.19. The van der Waals surface area contributed by atoms with Gasteiger partial charge in [-0.25, -0.2) is 4.39 Å². The summed E-state index contributed by atoms with van der Waals surface area (Å²) in [6.45, 7) is 10.5. The molecule has 0 saturated heterocycles. The first-order valence-corrected chi connectivity index (χ1v) is 13.6. The first kappa shape index (κ1) is 27.4. The van der Waals surface area contributed by atoms with E-state index in [4.69, 9.17) is 14.6 Å². The zero-order valence-electron chi connectivity index (χ0n) is 23.2. The van der Waals surface area contributed by atoms with E-state index in [0.717, 1.165) is 57.5 Å². The van der Waals surface area contributed by atoms with E-state index in [9.17, 15) is 4.79 Å². The average Bonchev–Trinajstić information content (AvgIpc) is 3.32. The number of aliphatic carboxylic acids is 1. The van der Waals surface area contributed by atoms with Crippen LogP contribution in [0.4, 0.5) is 4.39 Å². The Bertz CT molecular complexity index is 1500. The Morgan fingerprint density at radius 2 is 1.88 bits per heavy atom. The van der Waals surface area contributed by atoms with Gasteiger partial charge in [0.25, 0.3) is 0 Å². The van der Waals surface area contributed by atoms with Crippen LogP contribution in [0.3, 0.4) is 0 Å². The average molecular weight is 540 g/mol. The number of carboxylic acid groups (broad SMARTS) is 1. The highest BCUT2D eigenvalue weighted by Gasteiger charge is 2.28. The fraction of sp³-hybridized carbons (Fsp3) is 0.294. The van der Waals surface area contributed by atoms with Crippen molar-refractivity contribution in [2.75, 3.05) is 6.61 Å². The lowest BCUT2D eigenvalue weighted by molar-refractivity contribution is -0.137. The smallest absolute Gasteiger partial charge is 0.304 e. The van der Waals surface area contributed by atoms with Gasteiger partial charge in [0.1, 0.15) is 23.4 Å². The summed E-state index contributed by atoms with van der Waals surface area (Å²) in [5.41, 5.74) is 8.84. The van der Waals surface area contributed by atoms with Gasteiger partial charge in [0.2, 0.25) is 0 Å². The molecule has 5 nitrogen and oxygen atoms in total. The number of carbonyl (C=O) groups is 1. The summed E-state index contributed by atoms with van der Waals surface area (Å²) in [5, 5.41) is 9.15. The van der Waals surface area contributed by atoms with Crippen LogP contribution in [0.15, 0.2) is 78.8 Å². The number of rotatable bonds is 6. The van der Waals surface area contributed by atoms with Gasteiger partial charge in [0, 0.05) is 40.6 Å². The van der Waals surface area contributed by atoms with Gasteiger partial charge in [-0.3, -0.25) is 9.78 Å². The number of fused-ring (bicyclic) bond motifs is 1. The Kier molecular flexibility index (Phi) is 7.88. The Balaban J connectivity index is 1.33. The van der Waals surface area contributed by atoms with Crippen molar-refractivity contribution < 1.29 is 23.8 Å². The summed E-state index contributed by atoms with van der Waals surface area (Å²) in [5.74, 6) is -0.271. The lowest BCUT2D eigenvalue weighted by Crippen LogP contribution is -2.19. The third kappa shape index (κ3) is 5.86. The standard InChI is InChI=1S/C34H34FNO4/c1-20-14-26(25-9-8-22(3)36-18-25)15-21(2)34(20)24-6-5-7-31(23(4)30(35)13-10-24)40-28-11-12-29-27(16-33(37)38)19-39-32(29)17-28/h8-15,17-18,27,31H,4-7,16,19H2,1-3H3,(H,37,38)/b24-10+,30-13+/t27-,31-/m1/s1. The fourth-order valence-electron chi connectivity index (χ4n) is 5.66. The quantitative estimate of drug-likeness (QED) is 0.343. The zero-order chi connectivity index (χ0) is 28.4. The summed E-state index contributed by atoms with van der Waals surface area (Å²) in [6.07, 6.45) is 6.92. The molecule has 206 valence electrons. The van der Waals surface area contributed by atoms with Gasteiger partial charge in [-0.1, -0.05) is 36.9 Å². The largest absolute Gasteiger partial charge is 0.492 e. The number of allylic oxidation sites excluding steroid dienone is 3. The lowest BCUT2D eigenvalue weighted by atomic mass is 9.89. The highest BCUT2D eigenvalue weighted by Crippen LogP contribution is 2.40. The number of halogens is 1. The molecule has 1 aromatic heterocycles. The molecule has 1 N–H and O–H groups in total. The highest BCUT2D eigenvalue weighted by atomic mass is 19.1. The van der Waals surface area contributed by atoms with Gasteiger partial charge in [0.15, 0.2) is 0 Å². The second-order valence-corrected chi connectivity index (χ2v) is 10.7. The summed E-state index contributed by atoms with van der Waals surface area (Å²) >= 11 is 0. The Morgan fingerprint density at radius 1 is 1.10 bits per heavy atom. The molecule has 3 aromatic rings. The first-order chi connectivity index (χ1) is 19.2. The molecular weight excluding hydrogens is 505 g/mol. The molecule has 1 aliphatic heterocycles. The number of hydrogen-bond donors (Lipinski definition) is 1. The maximum atomic E-state index is 15.3. The number of carboxylic acids is 1. The first-order valence-electron chi connectivity index (χ1n) is 13.6. The second-order valence-electron chi connectivity index (χ2n) is 10.7. The molecule has 0 unspecified atom stereocenters. The highest BCUT2D eigenvalue weighted by molar-refractivity contribution is 5.76. The van der Waals surface area contributed by atoms with Gasteiger partial charge >= 0.3 is 5.97 Å². The summed E-state index contributed by atoms with van der Waals surface area (Å²) in [6, 6.07) is 13.8. The van der Waals surface area contributed by atoms with Crippen molar-refractivity contribution in [3.05, 3.63) is 107 Å². The van der Waals surface area contributed by atoms with E-state index in [1.165, 1.54) is 6.08 Å². The third-order valence-electron chi connectivity index (χ3n) is 7.70. The molecule has 6 heteroatoms. The molecule has 0 saturated carbocycles. The van der Waals surface area contributed by atoms with Crippen LogP contribution in [0.1, 0.15) is 59.5 Å². The van der Waals surface area contributed by atoms with Crippen molar-refractivity contribution in [1.29, 1.82) is 0 Å². The van der Waals surface area contributed by atoms with E-state index in [1.807, 2.05) is 31.3 Å². The second kappa shape index (κ2) is 11.5. The maximum absolute atomic E-state index is 15.3. The van der Waals surface area contributed by atoms with Gasteiger partial charge in [0.05, 0.1) is 13.0 Å². The number of nitrogens with zero attached hydrogens (tertiary/aromatic N) is 1. The van der Waals surface area contributed by atoms with Crippen molar-refractivity contribution in [3.8, 4) is 22.6 Å². The van der Waals surface area contributed by atoms with E-state index >= 15 is 4.39 Å². The van der Waals surface area contributed by atoms with Crippen molar-refractivity contribution in [1.82, 2.24) is 4.98 Å². The van der Waals surface area contributed by atoms with Crippen LogP contribution in [-0.2, 0) is 4.79 Å². The van der Waals surface area contributed by atoms with Crippen LogP contribution in [0.5, 0.6) is 11.5 Å². The number of hydrogen-bond acceptors (Lipinski definition) is 4. The summed E-state index contributed by atoms with van der Waals surface area (Å²) < 4.78 is 27.2. The minimum Gasteiger partial charge on any atom is -0.492 e. The van der Waals surface area contributed by atoms with Crippen LogP contribution in [0, 0.1) is 20.8 Å². The Morgan fingerprint density at radius 3 is 2.58 bits per heavy atom. The molecule has 0 fully saturated rings. The summed E-state index contributed by atoms with van der Waals surface area (Å²) in [4.78, 5) is 15.6. The number of pyridine rings is 1. The Labute approximate surface area is 234 Å². The molecule has 5 rings (SSSR count). The normalized spacial score (nSPS) is 21.6. The van der Waals surface area contributed by atoms with Crippen molar-refractivity contribution in [2.45, 2.75) is 58.5 Å². The van der Waals surface area contributed by atoms with Crippen molar-refractivity contribution in [2.24, 2.45) is 0 Å². The van der Waals surface area contributed by atoms with Crippen LogP contribution in [0.25, 0.3) is 16.7 Å². The minimum atomic E-state index is -0.858. The predicted octanol–water partition coefficient (Wildman–Crippen LogP) is 8.05. The van der Waals surface area contributed by atoms with E-state index < -0.39 is 17.9 Å². The molecule has 2 atom stereocenters. The maximum Gasteiger partial charge on any atom is 0.304 e. The zero-order valence-corrected chi connectivity index (χ0v) is 23.2. The molecule has 40 heavy (non-hydrogen) atoms. The van der Waals surface area contributed by atoms with Crippen LogP contribution < -0.4 is 9.47 Å². The molecule has 1 aliphatic carbocycles. The number of benzene rings is 2. The van der Waals surface area contributed by atoms with E-state index in [0.29, 0.717) is 30.1 Å². The number of aryl methyl sites for hydroxylation is 3. The van der Waals surface area contributed by atoms with Crippen LogP contribution >= 0.6 is 0 Å². The molecule has 0 radical (unpaired) electrons. The van der Waals surface area contributed by atoms with E-state index in [1.54, 1.807) is 12.1 Å². The molecule has 2 heterocycles. The van der Waals surface area contributed by atoms with Crippen LogP contribution in [-0.4, -0.2) is 28.8 Å². The third-order valence-corrected chi connectivity index (χ3v) is 7.70. The van der Waals surface area contributed by atoms with E-state index in [-0.39, 0.29) is 12.3 Å². The number of ether oxygens (including phenoxy) is 2. The topological polar surface area (TPSA) is 68.7 Å². The molecule has 0 bridgehead atoms. The summed E-state index contributed by atoms with van der Waals surface area (Å²) in [7, 11) is 0. The monoisotopic (exact) mass is 539 g/mol. The molecular formula is C34H34FNO4. The van der Waals surface area contributed by atoms with Crippen molar-refractivity contribution in [3.63, 3.8) is 0 Å². The molecule has 2 aromatic carbocycles. The van der Waals surface area contributed by atoms with Gasteiger partial charge < -0.3 is 14.6 Å². The molecule has 0 spiro atoms. The minimum absolute atomic E-state index is 0.0167. The number of aromatic nitrogens is 1. The van der Waals surface area contributed by atoms with E-state index in [2.05, 4.69) is 43.6 Å². The van der Waals surface area contributed by atoms with Gasteiger partial charge in [-0.15, -0.1) is 0 Å². The van der Waals surface area contributed by atoms with Crippen molar-refractivity contribution >= 4 is 11.5 Å². The lowest BCUT2D eigenvalue weighted by Gasteiger charge is -2.21. The van der Waals surface area contributed by atoms with Crippen LogP contribution in [0.2, 0.25) is 0 Å². The molecule has 2 aliphatic rings. The SMILES string of the molecule is C=C1/C(F)=C\C=C(\c2c(C)cc(-c3ccc(C)nc3)cc2C)CCC[C@H]1Oc1ccc2c(c1)OC[C@H]2CC(=O)O. The fourth-order valence-corrected chi connectivity index (χ4v) is 5.66. The van der Waals surface area contributed by atoms with Gasteiger partial charge in [-0.2, -0.15) is 0 Å².